The van der Waals surface area contributed by atoms with Gasteiger partial charge in [-0.25, -0.2) is 4.98 Å². The smallest absolute Gasteiger partial charge is 0.271 e. The van der Waals surface area contributed by atoms with E-state index in [1.54, 1.807) is 17.1 Å². The van der Waals surface area contributed by atoms with Crippen LogP contribution in [0.1, 0.15) is 16.1 Å². The number of fused-ring (bicyclic) bond motifs is 1. The van der Waals surface area contributed by atoms with E-state index < -0.39 is 0 Å². The molecular weight excluding hydrogens is 248 g/mol. The Labute approximate surface area is 107 Å². The fraction of sp³-hybridized carbons (Fsp3) is 0.0833. The molecule has 2 heterocycles. The van der Waals surface area contributed by atoms with Gasteiger partial charge in [0.1, 0.15) is 5.69 Å². The molecule has 18 heavy (non-hydrogen) atoms. The summed E-state index contributed by atoms with van der Waals surface area (Å²) in [6, 6.07) is 5.92. The number of aromatic nitrogens is 3. The largest absolute Gasteiger partial charge is 0.347 e. The minimum absolute atomic E-state index is 0.152. The summed E-state index contributed by atoms with van der Waals surface area (Å²) in [5, 5.41) is 12.5. The van der Waals surface area contributed by atoms with E-state index in [0.717, 1.165) is 16.5 Å². The molecule has 0 bridgehead atoms. The number of carbonyl (C=O) groups excluding carboxylic acids is 1. The molecule has 2 aromatic heterocycles. The van der Waals surface area contributed by atoms with Crippen LogP contribution >= 0.6 is 11.3 Å². The molecule has 3 aromatic rings. The van der Waals surface area contributed by atoms with Gasteiger partial charge in [-0.05, 0) is 11.6 Å². The van der Waals surface area contributed by atoms with Crippen molar-refractivity contribution < 1.29 is 4.79 Å². The van der Waals surface area contributed by atoms with Gasteiger partial charge < -0.3 is 5.32 Å². The summed E-state index contributed by atoms with van der Waals surface area (Å²) in [7, 11) is 0. The molecule has 0 aliphatic heterocycles. The second-order valence-electron chi connectivity index (χ2n) is 3.85. The highest BCUT2D eigenvalue weighted by Crippen LogP contribution is 2.12. The lowest BCUT2D eigenvalue weighted by Crippen LogP contribution is -2.22. The Balaban J connectivity index is 1.71. The van der Waals surface area contributed by atoms with Crippen molar-refractivity contribution in [2.75, 3.05) is 0 Å². The Bertz CT molecular complexity index is 674. The number of hydrogen-bond acceptors (Lipinski definition) is 4. The topological polar surface area (TPSA) is 70.7 Å². The van der Waals surface area contributed by atoms with E-state index in [0.29, 0.717) is 12.2 Å². The predicted octanol–water partition coefficient (Wildman–Crippen LogP) is 1.95. The average Bonchev–Trinajstić information content (AvgIpc) is 3.05. The second-order valence-corrected chi connectivity index (χ2v) is 4.57. The SMILES string of the molecule is O=C(NCc1ccc2cn[nH]c2c1)c1cscn1. The molecule has 2 N–H and O–H groups in total. The van der Waals surface area contributed by atoms with E-state index in [1.165, 1.54) is 11.3 Å². The van der Waals surface area contributed by atoms with Gasteiger partial charge in [-0.2, -0.15) is 5.10 Å². The summed E-state index contributed by atoms with van der Waals surface area (Å²) in [6.45, 7) is 0.477. The molecule has 0 aliphatic carbocycles. The molecule has 90 valence electrons. The van der Waals surface area contributed by atoms with Gasteiger partial charge in [0, 0.05) is 17.3 Å². The zero-order valence-electron chi connectivity index (χ0n) is 9.38. The molecule has 0 radical (unpaired) electrons. The van der Waals surface area contributed by atoms with E-state index in [9.17, 15) is 4.79 Å². The summed E-state index contributed by atoms with van der Waals surface area (Å²) in [5.74, 6) is -0.152. The van der Waals surface area contributed by atoms with Crippen molar-refractivity contribution in [3.63, 3.8) is 0 Å². The van der Waals surface area contributed by atoms with Crippen molar-refractivity contribution in [1.29, 1.82) is 0 Å². The third-order valence-electron chi connectivity index (χ3n) is 2.62. The predicted molar refractivity (Wildman–Crippen MR) is 69.4 cm³/mol. The van der Waals surface area contributed by atoms with Gasteiger partial charge in [0.2, 0.25) is 0 Å². The number of hydrogen-bond donors (Lipinski definition) is 2. The number of aromatic amines is 1. The van der Waals surface area contributed by atoms with E-state index >= 15 is 0 Å². The highest BCUT2D eigenvalue weighted by Gasteiger charge is 2.07. The monoisotopic (exact) mass is 258 g/mol. The molecule has 0 saturated heterocycles. The maximum atomic E-state index is 11.7. The molecule has 0 aliphatic rings. The van der Waals surface area contributed by atoms with Crippen LogP contribution in [0.3, 0.4) is 0 Å². The Hall–Kier alpha value is -2.21. The Morgan fingerprint density at radius 2 is 2.39 bits per heavy atom. The van der Waals surface area contributed by atoms with Gasteiger partial charge in [0.05, 0.1) is 17.2 Å². The molecule has 0 unspecified atom stereocenters. The normalized spacial score (nSPS) is 10.7. The number of carbonyl (C=O) groups is 1. The molecule has 0 atom stereocenters. The highest BCUT2D eigenvalue weighted by atomic mass is 32.1. The fourth-order valence-electron chi connectivity index (χ4n) is 1.69. The van der Waals surface area contributed by atoms with Crippen LogP contribution in [0.2, 0.25) is 0 Å². The Morgan fingerprint density at radius 3 is 3.22 bits per heavy atom. The van der Waals surface area contributed by atoms with Crippen LogP contribution in [0.25, 0.3) is 10.9 Å². The minimum atomic E-state index is -0.152. The third kappa shape index (κ3) is 2.10. The number of H-pyrrole nitrogens is 1. The number of nitrogens with one attached hydrogen (secondary N) is 2. The van der Waals surface area contributed by atoms with Crippen molar-refractivity contribution in [1.82, 2.24) is 20.5 Å². The number of amides is 1. The summed E-state index contributed by atoms with van der Waals surface area (Å²) >= 11 is 1.41. The first kappa shape index (κ1) is 10.9. The first-order valence-electron chi connectivity index (χ1n) is 5.41. The molecule has 1 amide bonds. The van der Waals surface area contributed by atoms with Gasteiger partial charge in [-0.15, -0.1) is 11.3 Å². The van der Waals surface area contributed by atoms with Crippen LogP contribution in [0.5, 0.6) is 0 Å². The average molecular weight is 258 g/mol. The molecule has 5 nitrogen and oxygen atoms in total. The summed E-state index contributed by atoms with van der Waals surface area (Å²) in [4.78, 5) is 15.7. The summed E-state index contributed by atoms with van der Waals surface area (Å²) in [5.41, 5.74) is 4.10. The number of rotatable bonds is 3. The molecular formula is C12H10N4OS. The molecule has 6 heteroatoms. The Morgan fingerprint density at radius 1 is 1.44 bits per heavy atom. The molecule has 0 fully saturated rings. The zero-order valence-corrected chi connectivity index (χ0v) is 10.2. The van der Waals surface area contributed by atoms with Crippen LogP contribution in [0.4, 0.5) is 0 Å². The highest BCUT2D eigenvalue weighted by molar-refractivity contribution is 7.07. The van der Waals surface area contributed by atoms with Crippen LogP contribution in [-0.4, -0.2) is 21.1 Å². The number of nitrogens with zero attached hydrogens (tertiary/aromatic N) is 2. The zero-order chi connectivity index (χ0) is 12.4. The lowest BCUT2D eigenvalue weighted by atomic mass is 10.1. The van der Waals surface area contributed by atoms with Crippen molar-refractivity contribution in [3.8, 4) is 0 Å². The van der Waals surface area contributed by atoms with Gasteiger partial charge in [0.15, 0.2) is 0 Å². The molecule has 0 saturated carbocycles. The summed E-state index contributed by atoms with van der Waals surface area (Å²) in [6.07, 6.45) is 1.77. The first-order chi connectivity index (χ1) is 8.83. The van der Waals surface area contributed by atoms with Gasteiger partial charge >= 0.3 is 0 Å². The van der Waals surface area contributed by atoms with Crippen LogP contribution in [0.15, 0.2) is 35.3 Å². The molecule has 1 aromatic carbocycles. The van der Waals surface area contributed by atoms with Crippen LogP contribution in [-0.2, 0) is 6.54 Å². The fourth-order valence-corrected chi connectivity index (χ4v) is 2.22. The van der Waals surface area contributed by atoms with Gasteiger partial charge in [0.25, 0.3) is 5.91 Å². The van der Waals surface area contributed by atoms with Crippen LogP contribution in [0, 0.1) is 0 Å². The number of thiazole rings is 1. The first-order valence-corrected chi connectivity index (χ1v) is 6.35. The quantitative estimate of drug-likeness (QED) is 0.754. The maximum absolute atomic E-state index is 11.7. The van der Waals surface area contributed by atoms with Gasteiger partial charge in [-0.3, -0.25) is 9.89 Å². The van der Waals surface area contributed by atoms with E-state index in [4.69, 9.17) is 0 Å². The van der Waals surface area contributed by atoms with Crippen molar-refractivity contribution in [2.45, 2.75) is 6.54 Å². The lowest BCUT2D eigenvalue weighted by molar-refractivity contribution is 0.0946. The Kier molecular flexibility index (Phi) is 2.77. The van der Waals surface area contributed by atoms with E-state index in [2.05, 4.69) is 20.5 Å². The summed E-state index contributed by atoms with van der Waals surface area (Å²) < 4.78 is 0. The van der Waals surface area contributed by atoms with Crippen molar-refractivity contribution in [2.24, 2.45) is 0 Å². The second kappa shape index (κ2) is 4.58. The molecule has 3 rings (SSSR count). The molecule has 0 spiro atoms. The standard InChI is InChI=1S/C12H10N4OS/c17-12(11-6-18-7-14-11)13-4-8-1-2-9-5-15-16-10(9)3-8/h1-3,5-7H,4H2,(H,13,17)(H,15,16). The lowest BCUT2D eigenvalue weighted by Gasteiger charge is -2.03. The van der Waals surface area contributed by atoms with E-state index in [1.807, 2.05) is 18.2 Å². The number of benzene rings is 1. The third-order valence-corrected chi connectivity index (χ3v) is 3.21. The van der Waals surface area contributed by atoms with Crippen molar-refractivity contribution >= 4 is 28.1 Å². The van der Waals surface area contributed by atoms with Crippen LogP contribution < -0.4 is 5.32 Å². The minimum Gasteiger partial charge on any atom is -0.347 e. The van der Waals surface area contributed by atoms with E-state index in [-0.39, 0.29) is 5.91 Å². The van der Waals surface area contributed by atoms with Gasteiger partial charge in [-0.1, -0.05) is 12.1 Å². The van der Waals surface area contributed by atoms with Crippen molar-refractivity contribution in [3.05, 3.63) is 46.5 Å². The maximum Gasteiger partial charge on any atom is 0.271 e.